The first-order valence-electron chi connectivity index (χ1n) is 17.4. The summed E-state index contributed by atoms with van der Waals surface area (Å²) in [6.45, 7) is 7.40. The Kier molecular flexibility index (Phi) is 7.76. The molecular formula is C49H32N2O. The molecule has 0 bridgehead atoms. The molecule has 0 saturated heterocycles. The summed E-state index contributed by atoms with van der Waals surface area (Å²) in [5, 5.41) is 0. The largest absolute Gasteiger partial charge is 0.457 e. The first kappa shape index (κ1) is 31.0. The Morgan fingerprint density at radius 1 is 0.404 bits per heavy atom. The third-order valence-corrected chi connectivity index (χ3v) is 10.0. The molecule has 0 unspecified atom stereocenters. The van der Waals surface area contributed by atoms with Crippen LogP contribution >= 0.6 is 0 Å². The van der Waals surface area contributed by atoms with Crippen LogP contribution in [0.5, 0.6) is 11.5 Å². The summed E-state index contributed by atoms with van der Waals surface area (Å²) in [6, 6.07) is 67.5. The number of pyridine rings is 1. The second-order valence-electron chi connectivity index (χ2n) is 13.0. The molecule has 0 N–H and O–H groups in total. The minimum absolute atomic E-state index is 0.594. The van der Waals surface area contributed by atoms with Crippen LogP contribution in [-0.2, 0) is 5.41 Å². The lowest BCUT2D eigenvalue weighted by atomic mass is 9.63. The van der Waals surface area contributed by atoms with E-state index in [9.17, 15) is 0 Å². The second-order valence-corrected chi connectivity index (χ2v) is 13.0. The predicted octanol–water partition coefficient (Wildman–Crippen LogP) is 12.8. The van der Waals surface area contributed by atoms with Gasteiger partial charge in [0.05, 0.1) is 23.4 Å². The van der Waals surface area contributed by atoms with E-state index in [1.165, 1.54) is 11.1 Å². The van der Waals surface area contributed by atoms with Crippen LogP contribution in [0.1, 0.15) is 22.3 Å². The third-order valence-electron chi connectivity index (χ3n) is 10.0. The summed E-state index contributed by atoms with van der Waals surface area (Å²) < 4.78 is 6.66. The van der Waals surface area contributed by atoms with Gasteiger partial charge in [-0.25, -0.2) is 9.83 Å². The molecule has 2 heterocycles. The van der Waals surface area contributed by atoms with E-state index in [0.717, 1.165) is 67.4 Å². The van der Waals surface area contributed by atoms with Crippen LogP contribution in [0.2, 0.25) is 0 Å². The van der Waals surface area contributed by atoms with Gasteiger partial charge in [0.1, 0.15) is 11.5 Å². The van der Waals surface area contributed by atoms with Crippen LogP contribution in [0.15, 0.2) is 194 Å². The number of hydrogen-bond acceptors (Lipinski definition) is 2. The van der Waals surface area contributed by atoms with Crippen molar-refractivity contribution >= 4 is 5.69 Å². The fourth-order valence-corrected chi connectivity index (χ4v) is 7.57. The highest BCUT2D eigenvalue weighted by Gasteiger charge is 2.45. The molecule has 1 aliphatic rings. The molecule has 52 heavy (non-hydrogen) atoms. The normalized spacial score (nSPS) is 12.5. The van der Waals surface area contributed by atoms with E-state index in [1.807, 2.05) is 36.4 Å². The summed E-state index contributed by atoms with van der Waals surface area (Å²) in [4.78, 5) is 8.77. The fourth-order valence-electron chi connectivity index (χ4n) is 7.57. The Bertz CT molecular complexity index is 2550. The lowest BCUT2D eigenvalue weighted by molar-refractivity contribution is 0.434. The van der Waals surface area contributed by atoms with Crippen LogP contribution in [-0.4, -0.2) is 4.98 Å². The molecule has 1 aliphatic heterocycles. The quantitative estimate of drug-likeness (QED) is 0.165. The van der Waals surface area contributed by atoms with Gasteiger partial charge in [-0.1, -0.05) is 158 Å². The number of aromatic nitrogens is 1. The lowest BCUT2D eigenvalue weighted by Crippen LogP contribution is -2.34. The van der Waals surface area contributed by atoms with Gasteiger partial charge in [-0.15, -0.1) is 0 Å². The van der Waals surface area contributed by atoms with Gasteiger partial charge in [0.2, 0.25) is 0 Å². The first-order chi connectivity index (χ1) is 25.7. The van der Waals surface area contributed by atoms with E-state index in [0.29, 0.717) is 5.69 Å². The summed E-state index contributed by atoms with van der Waals surface area (Å²) >= 11 is 0. The Balaban J connectivity index is 1.21. The van der Waals surface area contributed by atoms with Crippen LogP contribution in [0.25, 0.3) is 49.6 Å². The molecule has 0 radical (unpaired) electrons. The highest BCUT2D eigenvalue weighted by Crippen LogP contribution is 2.55. The van der Waals surface area contributed by atoms with Gasteiger partial charge in [-0.3, -0.25) is 0 Å². The van der Waals surface area contributed by atoms with Crippen LogP contribution in [0, 0.1) is 6.57 Å². The predicted molar refractivity (Wildman–Crippen MR) is 211 cm³/mol. The van der Waals surface area contributed by atoms with E-state index in [4.69, 9.17) is 16.3 Å². The van der Waals surface area contributed by atoms with Crippen molar-refractivity contribution in [3.63, 3.8) is 0 Å². The van der Waals surface area contributed by atoms with E-state index >= 15 is 0 Å². The number of hydrogen-bond donors (Lipinski definition) is 0. The molecule has 0 aliphatic carbocycles. The standard InChI is InChI=1S/C49H32N2O/c1-50-42-27-24-35(25-28-42)45-32-39(34-14-5-2-6-15-34)33-46(51-45)38-17-13-16-36(30-38)37-26-29-48-44(31-37)49(40-18-7-3-8-19-40,41-20-9-4-10-21-41)43-22-11-12-23-47(43)52-48/h2-33H. The molecule has 0 fully saturated rings. The van der Waals surface area contributed by atoms with Gasteiger partial charge in [0.15, 0.2) is 5.69 Å². The van der Waals surface area contributed by atoms with E-state index in [1.54, 1.807) is 0 Å². The smallest absolute Gasteiger partial charge is 0.187 e. The average Bonchev–Trinajstić information content (AvgIpc) is 3.23. The molecule has 0 atom stereocenters. The summed E-state index contributed by atoms with van der Waals surface area (Å²) in [7, 11) is 0. The number of ether oxygens (including phenoxy) is 1. The number of rotatable bonds is 6. The van der Waals surface area contributed by atoms with Gasteiger partial charge < -0.3 is 4.74 Å². The minimum atomic E-state index is -0.594. The third kappa shape index (κ3) is 5.35. The van der Waals surface area contributed by atoms with Crippen LogP contribution in [0.4, 0.5) is 5.69 Å². The minimum Gasteiger partial charge on any atom is -0.457 e. The van der Waals surface area contributed by atoms with Crippen LogP contribution in [0.3, 0.4) is 0 Å². The molecule has 244 valence electrons. The zero-order chi connectivity index (χ0) is 34.9. The fraction of sp³-hybridized carbons (Fsp3) is 0.0204. The second kappa shape index (κ2) is 13.0. The lowest BCUT2D eigenvalue weighted by Gasteiger charge is -2.41. The highest BCUT2D eigenvalue weighted by molar-refractivity contribution is 5.80. The van der Waals surface area contributed by atoms with E-state index in [2.05, 4.69) is 163 Å². The molecule has 9 rings (SSSR count). The van der Waals surface area contributed by atoms with E-state index < -0.39 is 5.41 Å². The first-order valence-corrected chi connectivity index (χ1v) is 17.4. The van der Waals surface area contributed by atoms with Gasteiger partial charge in [-0.2, -0.15) is 0 Å². The molecular weight excluding hydrogens is 633 g/mol. The molecule has 1 aromatic heterocycles. The van der Waals surface area contributed by atoms with Crippen molar-refractivity contribution in [1.29, 1.82) is 0 Å². The monoisotopic (exact) mass is 664 g/mol. The molecule has 3 nitrogen and oxygen atoms in total. The van der Waals surface area contributed by atoms with Crippen LogP contribution < -0.4 is 4.74 Å². The maximum Gasteiger partial charge on any atom is 0.187 e. The molecule has 8 aromatic rings. The molecule has 0 amide bonds. The van der Waals surface area contributed by atoms with Gasteiger partial charge in [0, 0.05) is 16.7 Å². The highest BCUT2D eigenvalue weighted by atomic mass is 16.5. The Labute approximate surface area is 303 Å². The maximum absolute atomic E-state index is 7.40. The number of fused-ring (bicyclic) bond motifs is 2. The number of para-hydroxylation sites is 1. The van der Waals surface area contributed by atoms with Crippen molar-refractivity contribution in [2.45, 2.75) is 5.41 Å². The Morgan fingerprint density at radius 3 is 1.63 bits per heavy atom. The van der Waals surface area contributed by atoms with Gasteiger partial charge >= 0.3 is 0 Å². The van der Waals surface area contributed by atoms with Crippen molar-refractivity contribution in [3.05, 3.63) is 228 Å². The zero-order valence-corrected chi connectivity index (χ0v) is 28.3. The van der Waals surface area contributed by atoms with Gasteiger partial charge in [0.25, 0.3) is 0 Å². The molecule has 7 aromatic carbocycles. The summed E-state index contributed by atoms with van der Waals surface area (Å²) in [6.07, 6.45) is 0. The zero-order valence-electron chi connectivity index (χ0n) is 28.3. The van der Waals surface area contributed by atoms with Crippen molar-refractivity contribution in [2.24, 2.45) is 0 Å². The van der Waals surface area contributed by atoms with Gasteiger partial charge in [-0.05, 0) is 75.3 Å². The average molecular weight is 665 g/mol. The molecule has 0 saturated carbocycles. The summed E-state index contributed by atoms with van der Waals surface area (Å²) in [5.41, 5.74) is 12.7. The maximum atomic E-state index is 7.40. The van der Waals surface area contributed by atoms with Crippen molar-refractivity contribution in [1.82, 2.24) is 4.98 Å². The van der Waals surface area contributed by atoms with E-state index in [-0.39, 0.29) is 0 Å². The van der Waals surface area contributed by atoms with Crippen molar-refractivity contribution in [3.8, 4) is 56.3 Å². The Morgan fingerprint density at radius 2 is 0.942 bits per heavy atom. The molecule has 3 heteroatoms. The number of nitrogens with zero attached hydrogens (tertiary/aromatic N) is 2. The van der Waals surface area contributed by atoms with Crippen molar-refractivity contribution in [2.75, 3.05) is 0 Å². The number of benzene rings is 7. The van der Waals surface area contributed by atoms with Crippen molar-refractivity contribution < 1.29 is 4.74 Å². The summed E-state index contributed by atoms with van der Waals surface area (Å²) in [5.74, 6) is 1.71. The Hall–Kier alpha value is -7.02. The topological polar surface area (TPSA) is 26.5 Å². The molecule has 0 spiro atoms. The SMILES string of the molecule is [C-]#[N+]c1ccc(-c2cc(-c3ccccc3)cc(-c3cccc(-c4ccc5c(c4)C(c4ccccc4)(c4ccccc4)c4ccccc4O5)c3)n2)cc1.